The van der Waals surface area contributed by atoms with Gasteiger partial charge in [0.05, 0.1) is 24.0 Å². The van der Waals surface area contributed by atoms with Gasteiger partial charge in [-0.25, -0.2) is 0 Å². The summed E-state index contributed by atoms with van der Waals surface area (Å²) in [5.74, 6) is -0.839. The number of hydrogen-bond donors (Lipinski definition) is 2. The monoisotopic (exact) mass is 1350 g/mol. The fourth-order valence-electron chi connectivity index (χ4n) is 29.9. The van der Waals surface area contributed by atoms with Gasteiger partial charge in [0.15, 0.2) is 0 Å². The van der Waals surface area contributed by atoms with E-state index < -0.39 is 17.5 Å². The van der Waals surface area contributed by atoms with E-state index in [1.54, 1.807) is 118 Å². The Labute approximate surface area is 601 Å². The van der Waals surface area contributed by atoms with E-state index in [1.165, 1.54) is 195 Å². The third kappa shape index (κ3) is 3.83. The minimum Gasteiger partial charge on any atom is -0.460 e. The maximum atomic E-state index is 18.2. The van der Waals surface area contributed by atoms with Crippen molar-refractivity contribution in [3.05, 3.63) is 213 Å². The molecule has 1 unspecified atom stereocenters. The van der Waals surface area contributed by atoms with Crippen LogP contribution in [0, 0.1) is 0 Å². The summed E-state index contributed by atoms with van der Waals surface area (Å²) >= 11 is 0. The van der Waals surface area contributed by atoms with E-state index in [1.807, 2.05) is 36.4 Å². The molecule has 108 heavy (non-hydrogen) atoms. The summed E-state index contributed by atoms with van der Waals surface area (Å²) in [7, 11) is 0. The molecule has 34 aromatic rings. The first-order valence-electron chi connectivity index (χ1n) is 38.9. The molecule has 4 aliphatic carbocycles. The predicted molar refractivity (Wildman–Crippen MR) is 443 cm³/mol. The van der Waals surface area contributed by atoms with Crippen molar-refractivity contribution in [2.75, 3.05) is 6.54 Å². The van der Waals surface area contributed by atoms with E-state index in [0.29, 0.717) is 0 Å². The van der Waals surface area contributed by atoms with Crippen LogP contribution in [0.25, 0.3) is 302 Å². The minimum atomic E-state index is -1.03. The topological polar surface area (TPSA) is 76.7 Å². The maximum Gasteiger partial charge on any atom is 0.324 e. The Hall–Kier alpha value is -13.1. The van der Waals surface area contributed by atoms with Crippen molar-refractivity contribution in [3.63, 3.8) is 0 Å². The van der Waals surface area contributed by atoms with Crippen LogP contribution in [0.1, 0.15) is 73.6 Å². The summed E-state index contributed by atoms with van der Waals surface area (Å²) in [6.07, 6.45) is 0. The Balaban J connectivity index is 0.670. The quantitative estimate of drug-likeness (QED) is 0.0787. The number of esters is 2. The molecule has 480 valence electrons. The predicted octanol–water partition coefficient (Wildman–Crippen LogP) is 24.2. The number of fused-ring (bicyclic) bond motifs is 1. The van der Waals surface area contributed by atoms with Crippen molar-refractivity contribution in [1.29, 1.82) is 0 Å². The Kier molecular flexibility index (Phi) is 6.26. The number of hydrogen-bond acceptors (Lipinski definition) is 6. The van der Waals surface area contributed by atoms with Gasteiger partial charge in [-0.05, 0) is 369 Å². The van der Waals surface area contributed by atoms with E-state index in [0.717, 1.165) is 44.2 Å². The van der Waals surface area contributed by atoms with E-state index in [4.69, 9.17) is 9.47 Å². The van der Waals surface area contributed by atoms with Crippen molar-refractivity contribution in [2.24, 2.45) is 0 Å². The summed E-state index contributed by atoms with van der Waals surface area (Å²) in [5, 5.41) is 92.4. The zero-order chi connectivity index (χ0) is 67.4. The van der Waals surface area contributed by atoms with Crippen LogP contribution in [0.2, 0.25) is 0 Å². The van der Waals surface area contributed by atoms with E-state index >= 15 is 4.79 Å². The van der Waals surface area contributed by atoms with Crippen molar-refractivity contribution >= 4 is 314 Å². The van der Waals surface area contributed by atoms with Crippen LogP contribution in [0.15, 0.2) is 158 Å². The summed E-state index contributed by atoms with van der Waals surface area (Å²) < 4.78 is 13.9. The SMILES string of the molecule is O=C(CNC(c1ccccc1)c1ccccc1)OCc1cc(COC(=O)C(NC(c2ccccc2)c2ccccc2)C23c4c5c6c7c8c9c(c%10c%11c2c2c4c4c%12c5c5c6c6c8c8c%13c9c9c%10c%10c%11c%11c2c2c4c4c%12c%12c5c5c6c8c6c8c%13c9c9c%10c%10c%11c2c2c4c4c%12c5c6c5c8c9c%10c2c45)C73)cc2ccccc12. The first-order valence-corrected chi connectivity index (χ1v) is 38.9. The van der Waals surface area contributed by atoms with Crippen LogP contribution in [0.4, 0.5) is 0 Å². The molecule has 34 aromatic carbocycles. The van der Waals surface area contributed by atoms with Gasteiger partial charge in [0.1, 0.15) is 19.3 Å². The van der Waals surface area contributed by atoms with Gasteiger partial charge in [-0.15, -0.1) is 0 Å². The van der Waals surface area contributed by atoms with E-state index in [-0.39, 0.29) is 43.7 Å². The van der Waals surface area contributed by atoms with Gasteiger partial charge in [-0.1, -0.05) is 146 Å². The highest BCUT2D eigenvalue weighted by atomic mass is 16.5. The van der Waals surface area contributed by atoms with Crippen LogP contribution < -0.4 is 10.6 Å². The molecule has 0 aromatic heterocycles. The summed E-state index contributed by atoms with van der Waals surface area (Å²) in [4.78, 5) is 32.4. The van der Waals surface area contributed by atoms with Crippen LogP contribution in [0.5, 0.6) is 0 Å². The lowest BCUT2D eigenvalue weighted by molar-refractivity contribution is -0.149. The van der Waals surface area contributed by atoms with Gasteiger partial charge >= 0.3 is 11.9 Å². The third-order valence-corrected chi connectivity index (χ3v) is 32.0. The van der Waals surface area contributed by atoms with Gasteiger partial charge < -0.3 is 9.47 Å². The summed E-state index contributed by atoms with van der Waals surface area (Å²) in [5.41, 5.74) is 10.8. The van der Waals surface area contributed by atoms with E-state index in [2.05, 4.69) is 132 Å². The lowest BCUT2D eigenvalue weighted by atomic mass is 9.54. The van der Waals surface area contributed by atoms with Crippen molar-refractivity contribution < 1.29 is 19.1 Å². The van der Waals surface area contributed by atoms with Gasteiger partial charge in [-0.2, -0.15) is 0 Å². The molecule has 6 heteroatoms. The molecule has 1 atom stereocenters. The van der Waals surface area contributed by atoms with Gasteiger partial charge in [0, 0.05) is 5.92 Å². The average molecular weight is 1360 g/mol. The largest absolute Gasteiger partial charge is 0.460 e. The maximum absolute atomic E-state index is 18.2. The number of carbonyl (C=O) groups excluding carboxylic acids is 2. The molecule has 0 fully saturated rings. The highest BCUT2D eigenvalue weighted by molar-refractivity contribution is 6.82. The first-order chi connectivity index (χ1) is 53.6. The minimum absolute atomic E-state index is 0.0127. The number of benzene rings is 24. The number of nitrogens with one attached hydrogen (secondary N) is 2. The molecule has 4 aliphatic rings. The molecule has 0 heterocycles. The van der Waals surface area contributed by atoms with Gasteiger partial charge in [0.2, 0.25) is 0 Å². The Morgan fingerprint density at radius 3 is 0.944 bits per heavy atom. The highest BCUT2D eigenvalue weighted by Crippen LogP contribution is 2.84. The fourth-order valence-corrected chi connectivity index (χ4v) is 29.9. The van der Waals surface area contributed by atoms with Gasteiger partial charge in [0.25, 0.3) is 0 Å². The number of rotatable bonds is 15. The van der Waals surface area contributed by atoms with Crippen LogP contribution in [-0.2, 0) is 37.7 Å². The normalized spacial score (nSPS) is 17.8. The summed E-state index contributed by atoms with van der Waals surface area (Å²) in [6, 6.07) is 53.7. The highest BCUT2D eigenvalue weighted by Gasteiger charge is 2.67. The molecule has 0 saturated heterocycles. The third-order valence-electron chi connectivity index (χ3n) is 32.0. The number of ether oxygens (including phenoxy) is 2. The Morgan fingerprint density at radius 2 is 0.593 bits per heavy atom. The van der Waals surface area contributed by atoms with Crippen LogP contribution in [0.3, 0.4) is 0 Å². The van der Waals surface area contributed by atoms with Crippen molar-refractivity contribution in [2.45, 2.75) is 42.7 Å². The zero-order valence-electron chi connectivity index (χ0n) is 56.6. The van der Waals surface area contributed by atoms with Crippen LogP contribution >= 0.6 is 0 Å². The molecule has 0 amide bonds. The second-order valence-electron chi connectivity index (χ2n) is 34.9. The molecular formula is C102H38N2O4. The first kappa shape index (κ1) is 48.8. The van der Waals surface area contributed by atoms with E-state index in [9.17, 15) is 4.79 Å². The van der Waals surface area contributed by atoms with Crippen molar-refractivity contribution in [3.8, 4) is 0 Å². The van der Waals surface area contributed by atoms with Crippen molar-refractivity contribution in [1.82, 2.24) is 10.6 Å². The zero-order valence-corrected chi connectivity index (χ0v) is 56.6. The molecule has 0 saturated carbocycles. The molecule has 2 N–H and O–H groups in total. The lowest BCUT2D eigenvalue weighted by Crippen LogP contribution is -2.58. The summed E-state index contributed by atoms with van der Waals surface area (Å²) in [6.45, 7) is 0.0783. The molecule has 0 aliphatic heterocycles. The number of carbonyl (C=O) groups is 2. The molecular weight excluding hydrogens is 1320 g/mol. The Morgan fingerprint density at radius 1 is 0.306 bits per heavy atom. The molecule has 0 radical (unpaired) electrons. The second-order valence-corrected chi connectivity index (χ2v) is 34.9. The smallest absolute Gasteiger partial charge is 0.324 e. The van der Waals surface area contributed by atoms with Gasteiger partial charge in [-0.3, -0.25) is 20.2 Å². The molecule has 38 rings (SSSR count). The lowest BCUT2D eigenvalue weighted by Gasteiger charge is -2.49. The molecule has 0 bridgehead atoms. The Bertz CT molecular complexity index is 9420. The van der Waals surface area contributed by atoms with Crippen LogP contribution in [-0.4, -0.2) is 24.5 Å². The second kappa shape index (κ2) is 13.8. The molecule has 6 nitrogen and oxygen atoms in total. The standard InChI is InChI=1S/C102H38N2O4/c105-38(27-103-98(31-15-5-1-6-16-31)32-17-7-2-8-18-32)107-29-36-26-30(25-35-23-13-14-24-37(35)36)28-108-101(106)100(104-99(33-19-9-3-10-20-33)34-21-11-4-12-22-34)102-95-91-85-71-63-55-43-40-39-41-44(43)56-58-54-48(41)50-46-42(39)45-49-47(40)53-57(55)69(71)77-75-61(53)59(49)67-65-51(45)52(46)66-68-60(50)62(54)76-78-70(58)72(64(56)63)86(85)92(95)88(78)90-82(76)80(68)84-74(66)73(65)83-79(67)81(75)89(87(77)91)96(102)93(83)94(84)97(90)102/h1-26,95,98-100,103-104H,27-29H2. The molecule has 0 spiro atoms. The fraction of sp³-hybridized carbons (Fsp3) is 0.0784. The average Bonchev–Trinajstić information content (AvgIpc) is 1.39.